The summed E-state index contributed by atoms with van der Waals surface area (Å²) in [7, 11) is 0. The Kier molecular flexibility index (Phi) is 11.5. The van der Waals surface area contributed by atoms with Crippen molar-refractivity contribution in [2.24, 2.45) is 0 Å². The lowest BCUT2D eigenvalue weighted by atomic mass is 10.2. The van der Waals surface area contributed by atoms with Crippen LogP contribution in [-0.2, 0) is 14.3 Å². The molecule has 39 heavy (non-hydrogen) atoms. The summed E-state index contributed by atoms with van der Waals surface area (Å²) in [5.74, 6) is -0.631. The van der Waals surface area contributed by atoms with Gasteiger partial charge in [0.15, 0.2) is 11.5 Å². The first-order valence-corrected chi connectivity index (χ1v) is 14.6. The van der Waals surface area contributed by atoms with Gasteiger partial charge in [-0.2, -0.15) is 0 Å². The average Bonchev–Trinajstić information content (AvgIpc) is 3.15. The maximum atomic E-state index is 13.0. The molecule has 1 aliphatic heterocycles. The highest BCUT2D eigenvalue weighted by atomic mass is 127. The molecule has 2 aromatic rings. The molecule has 1 heterocycles. The van der Waals surface area contributed by atoms with E-state index in [9.17, 15) is 19.2 Å². The second kappa shape index (κ2) is 14.6. The van der Waals surface area contributed by atoms with Crippen molar-refractivity contribution in [1.82, 2.24) is 4.90 Å². The van der Waals surface area contributed by atoms with Crippen LogP contribution in [0.25, 0.3) is 6.08 Å². The average molecular weight is 687 g/mol. The topological polar surface area (TPSA) is 111 Å². The molecule has 9 nitrogen and oxygen atoms in total. The van der Waals surface area contributed by atoms with E-state index >= 15 is 0 Å². The normalized spacial score (nSPS) is 14.1. The first-order valence-electron chi connectivity index (χ1n) is 12.3. The molecule has 0 unspecified atom stereocenters. The summed E-state index contributed by atoms with van der Waals surface area (Å²) in [5.41, 5.74) is 1.04. The molecule has 0 spiro atoms. The molecule has 0 atom stereocenters. The number of thioether (sulfide) groups is 1. The van der Waals surface area contributed by atoms with Crippen LogP contribution in [0, 0.1) is 3.57 Å². The fourth-order valence-corrected chi connectivity index (χ4v) is 5.26. The van der Waals surface area contributed by atoms with Crippen molar-refractivity contribution in [3.63, 3.8) is 0 Å². The highest BCUT2D eigenvalue weighted by molar-refractivity contribution is 14.1. The SMILES string of the molecule is CCCOC(=O)c1cc(NC(=O)CN2C(=O)S/C(=C\c3cc(I)c(OCCC)c(OCC)c3)C2=O)ccc1Cl. The van der Waals surface area contributed by atoms with E-state index in [0.717, 1.165) is 26.7 Å². The number of rotatable bonds is 12. The number of halogens is 2. The number of anilines is 1. The van der Waals surface area contributed by atoms with E-state index in [1.807, 2.05) is 26.8 Å². The molecule has 0 radical (unpaired) electrons. The predicted octanol–water partition coefficient (Wildman–Crippen LogP) is 6.37. The summed E-state index contributed by atoms with van der Waals surface area (Å²) < 4.78 is 17.5. The smallest absolute Gasteiger partial charge is 0.339 e. The van der Waals surface area contributed by atoms with Gasteiger partial charge in [0, 0.05) is 5.69 Å². The Hall–Kier alpha value is -2.77. The quantitative estimate of drug-likeness (QED) is 0.156. The van der Waals surface area contributed by atoms with Gasteiger partial charge in [0.1, 0.15) is 6.54 Å². The van der Waals surface area contributed by atoms with Crippen LogP contribution < -0.4 is 14.8 Å². The van der Waals surface area contributed by atoms with Crippen LogP contribution in [0.1, 0.15) is 49.5 Å². The Labute approximate surface area is 249 Å². The zero-order valence-electron chi connectivity index (χ0n) is 21.7. The van der Waals surface area contributed by atoms with Crippen molar-refractivity contribution in [3.8, 4) is 11.5 Å². The fraction of sp³-hybridized carbons (Fsp3) is 0.333. The minimum atomic E-state index is -0.612. The standard InChI is InChI=1S/C27H28ClIN2O7S/c1-4-9-37-24-20(29)11-16(12-21(24)36-6-3)13-22-25(33)31(27(35)39-22)15-23(32)30-17-7-8-19(28)18(14-17)26(34)38-10-5-2/h7-8,11-14H,4-6,9-10,15H2,1-3H3,(H,30,32)/b22-13-. The molecule has 0 aromatic heterocycles. The first-order chi connectivity index (χ1) is 18.7. The van der Waals surface area contributed by atoms with E-state index in [4.69, 9.17) is 25.8 Å². The third-order valence-corrected chi connectivity index (χ3v) is 7.20. The maximum absolute atomic E-state index is 13.0. The molecule has 3 amide bonds. The second-order valence-electron chi connectivity index (χ2n) is 8.26. The van der Waals surface area contributed by atoms with Crippen molar-refractivity contribution < 1.29 is 33.4 Å². The Morgan fingerprint density at radius 2 is 1.82 bits per heavy atom. The van der Waals surface area contributed by atoms with Crippen molar-refractivity contribution in [2.75, 3.05) is 31.7 Å². The molecule has 208 valence electrons. The number of carbonyl (C=O) groups excluding carboxylic acids is 4. The minimum absolute atomic E-state index is 0.101. The van der Waals surface area contributed by atoms with Crippen LogP contribution in [-0.4, -0.2) is 54.3 Å². The van der Waals surface area contributed by atoms with Gasteiger partial charge in [-0.05, 0) is 96.1 Å². The van der Waals surface area contributed by atoms with Crippen LogP contribution in [0.15, 0.2) is 35.2 Å². The number of imide groups is 1. The third kappa shape index (κ3) is 8.12. The van der Waals surface area contributed by atoms with Crippen molar-refractivity contribution in [2.45, 2.75) is 33.6 Å². The Bertz CT molecular complexity index is 1300. The number of amides is 3. The van der Waals surface area contributed by atoms with Gasteiger partial charge >= 0.3 is 5.97 Å². The van der Waals surface area contributed by atoms with E-state index in [1.165, 1.54) is 18.2 Å². The van der Waals surface area contributed by atoms with E-state index in [0.29, 0.717) is 36.7 Å². The van der Waals surface area contributed by atoms with Gasteiger partial charge in [-0.3, -0.25) is 19.3 Å². The number of nitrogens with zero attached hydrogens (tertiary/aromatic N) is 1. The van der Waals surface area contributed by atoms with Crippen LogP contribution in [0.3, 0.4) is 0 Å². The van der Waals surface area contributed by atoms with Crippen molar-refractivity contribution in [3.05, 3.63) is 55.0 Å². The summed E-state index contributed by atoms with van der Waals surface area (Å²) in [5, 5.41) is 2.21. The lowest BCUT2D eigenvalue weighted by molar-refractivity contribution is -0.127. The maximum Gasteiger partial charge on any atom is 0.339 e. The molecule has 12 heteroatoms. The van der Waals surface area contributed by atoms with Crippen LogP contribution in [0.5, 0.6) is 11.5 Å². The molecule has 0 aliphatic carbocycles. The minimum Gasteiger partial charge on any atom is -0.490 e. The summed E-state index contributed by atoms with van der Waals surface area (Å²) in [6.07, 6.45) is 3.08. The number of ether oxygens (including phenoxy) is 3. The molecular weight excluding hydrogens is 659 g/mol. The number of esters is 1. The molecular formula is C27H28ClIN2O7S. The van der Waals surface area contributed by atoms with Gasteiger partial charge < -0.3 is 19.5 Å². The number of benzene rings is 2. The monoisotopic (exact) mass is 686 g/mol. The van der Waals surface area contributed by atoms with Crippen LogP contribution in [0.2, 0.25) is 5.02 Å². The highest BCUT2D eigenvalue weighted by Crippen LogP contribution is 2.37. The predicted molar refractivity (Wildman–Crippen MR) is 159 cm³/mol. The largest absolute Gasteiger partial charge is 0.490 e. The van der Waals surface area contributed by atoms with E-state index in [2.05, 4.69) is 27.9 Å². The van der Waals surface area contributed by atoms with Gasteiger partial charge in [0.05, 0.1) is 38.9 Å². The molecule has 0 bridgehead atoms. The van der Waals surface area contributed by atoms with E-state index < -0.39 is 29.6 Å². The van der Waals surface area contributed by atoms with Crippen LogP contribution >= 0.6 is 46.0 Å². The van der Waals surface area contributed by atoms with Gasteiger partial charge in [-0.1, -0.05) is 25.4 Å². The summed E-state index contributed by atoms with van der Waals surface area (Å²) in [6, 6.07) is 7.94. The lowest BCUT2D eigenvalue weighted by Gasteiger charge is -2.14. The number of nitrogens with one attached hydrogen (secondary N) is 1. The number of hydrogen-bond donors (Lipinski definition) is 1. The molecule has 3 rings (SSSR count). The lowest BCUT2D eigenvalue weighted by Crippen LogP contribution is -2.36. The molecule has 1 fully saturated rings. The number of carbonyl (C=O) groups is 4. The Morgan fingerprint density at radius 1 is 1.08 bits per heavy atom. The van der Waals surface area contributed by atoms with Crippen molar-refractivity contribution >= 4 is 80.7 Å². The first kappa shape index (κ1) is 30.8. The Balaban J connectivity index is 1.73. The molecule has 1 aliphatic rings. The summed E-state index contributed by atoms with van der Waals surface area (Å²) in [4.78, 5) is 51.5. The summed E-state index contributed by atoms with van der Waals surface area (Å²) in [6.45, 7) is 6.45. The van der Waals surface area contributed by atoms with Crippen LogP contribution in [0.4, 0.5) is 10.5 Å². The highest BCUT2D eigenvalue weighted by Gasteiger charge is 2.36. The van der Waals surface area contributed by atoms with Gasteiger partial charge in [0.2, 0.25) is 5.91 Å². The zero-order valence-corrected chi connectivity index (χ0v) is 25.4. The van der Waals surface area contributed by atoms with E-state index in [1.54, 1.807) is 12.1 Å². The molecule has 2 aromatic carbocycles. The fourth-order valence-electron chi connectivity index (χ4n) is 3.44. The second-order valence-corrected chi connectivity index (χ2v) is 10.8. The van der Waals surface area contributed by atoms with Gasteiger partial charge in [-0.25, -0.2) is 4.79 Å². The Morgan fingerprint density at radius 3 is 2.51 bits per heavy atom. The van der Waals surface area contributed by atoms with Gasteiger partial charge in [-0.15, -0.1) is 0 Å². The third-order valence-electron chi connectivity index (χ3n) is 5.16. The summed E-state index contributed by atoms with van der Waals surface area (Å²) >= 11 is 8.99. The van der Waals surface area contributed by atoms with Crippen molar-refractivity contribution in [1.29, 1.82) is 0 Å². The number of hydrogen-bond acceptors (Lipinski definition) is 8. The van der Waals surface area contributed by atoms with Gasteiger partial charge in [0.25, 0.3) is 11.1 Å². The molecule has 1 saturated heterocycles. The zero-order chi connectivity index (χ0) is 28.5. The van der Waals surface area contributed by atoms with E-state index in [-0.39, 0.29) is 27.8 Å². The molecule has 1 N–H and O–H groups in total. The molecule has 0 saturated carbocycles.